The standard InChI is InChI=1S/C11H15BrFN3O/c1-6(2)16-11(17)5-15-10-4-8(13)7(12)3-9(10)14/h3-4,6,15H,5,14H2,1-2H3,(H,16,17). The first kappa shape index (κ1) is 13.8. The van der Waals surface area contributed by atoms with Crippen LogP contribution in [0.1, 0.15) is 13.8 Å². The van der Waals surface area contributed by atoms with E-state index in [9.17, 15) is 9.18 Å². The van der Waals surface area contributed by atoms with Crippen molar-refractivity contribution < 1.29 is 9.18 Å². The van der Waals surface area contributed by atoms with Gasteiger partial charge in [-0.25, -0.2) is 4.39 Å². The van der Waals surface area contributed by atoms with Gasteiger partial charge in [0, 0.05) is 12.1 Å². The molecular weight excluding hydrogens is 289 g/mol. The topological polar surface area (TPSA) is 67.2 Å². The number of benzene rings is 1. The fraction of sp³-hybridized carbons (Fsp3) is 0.364. The molecular formula is C11H15BrFN3O. The molecule has 0 aliphatic rings. The van der Waals surface area contributed by atoms with E-state index < -0.39 is 5.82 Å². The van der Waals surface area contributed by atoms with Gasteiger partial charge >= 0.3 is 0 Å². The predicted molar refractivity (Wildman–Crippen MR) is 70.3 cm³/mol. The van der Waals surface area contributed by atoms with Gasteiger partial charge in [0.25, 0.3) is 0 Å². The average molecular weight is 304 g/mol. The maximum Gasteiger partial charge on any atom is 0.239 e. The van der Waals surface area contributed by atoms with Gasteiger partial charge in [-0.15, -0.1) is 0 Å². The van der Waals surface area contributed by atoms with E-state index in [2.05, 4.69) is 26.6 Å². The smallest absolute Gasteiger partial charge is 0.239 e. The maximum absolute atomic E-state index is 13.3. The van der Waals surface area contributed by atoms with Gasteiger partial charge in [0.05, 0.1) is 22.4 Å². The van der Waals surface area contributed by atoms with Crippen LogP contribution in [0.2, 0.25) is 0 Å². The molecule has 0 atom stereocenters. The summed E-state index contributed by atoms with van der Waals surface area (Å²) >= 11 is 3.03. The molecule has 0 aromatic heterocycles. The second-order valence-electron chi connectivity index (χ2n) is 3.93. The predicted octanol–water partition coefficient (Wildman–Crippen LogP) is 2.11. The quantitative estimate of drug-likeness (QED) is 0.746. The molecule has 0 aliphatic heterocycles. The Kier molecular flexibility index (Phi) is 4.74. The molecule has 4 nitrogen and oxygen atoms in total. The summed E-state index contributed by atoms with van der Waals surface area (Å²) in [5.74, 6) is -0.589. The van der Waals surface area contributed by atoms with E-state index in [4.69, 9.17) is 5.73 Å². The van der Waals surface area contributed by atoms with Crippen molar-refractivity contribution in [2.75, 3.05) is 17.6 Å². The van der Waals surface area contributed by atoms with Crippen LogP contribution in [0.15, 0.2) is 16.6 Å². The first-order valence-electron chi connectivity index (χ1n) is 5.18. The molecule has 1 amide bonds. The highest BCUT2D eigenvalue weighted by atomic mass is 79.9. The molecule has 6 heteroatoms. The lowest BCUT2D eigenvalue weighted by Crippen LogP contribution is -2.34. The number of carbonyl (C=O) groups is 1. The summed E-state index contributed by atoms with van der Waals surface area (Å²) in [6.07, 6.45) is 0. The van der Waals surface area contributed by atoms with E-state index in [-0.39, 0.29) is 18.5 Å². The Balaban J connectivity index is 2.63. The minimum atomic E-state index is -0.425. The van der Waals surface area contributed by atoms with Gasteiger partial charge in [-0.2, -0.15) is 0 Å². The van der Waals surface area contributed by atoms with Crippen LogP contribution in [0, 0.1) is 5.82 Å². The van der Waals surface area contributed by atoms with Crippen LogP contribution in [-0.2, 0) is 4.79 Å². The number of nitrogen functional groups attached to an aromatic ring is 1. The van der Waals surface area contributed by atoms with E-state index in [0.717, 1.165) is 0 Å². The molecule has 0 radical (unpaired) electrons. The monoisotopic (exact) mass is 303 g/mol. The number of hydrogen-bond acceptors (Lipinski definition) is 3. The molecule has 1 aromatic carbocycles. The highest BCUT2D eigenvalue weighted by molar-refractivity contribution is 9.10. The Morgan fingerprint density at radius 2 is 2.18 bits per heavy atom. The molecule has 1 rings (SSSR count). The molecule has 0 saturated heterocycles. The number of carbonyl (C=O) groups excluding carboxylic acids is 1. The van der Waals surface area contributed by atoms with Crippen molar-refractivity contribution in [2.24, 2.45) is 0 Å². The highest BCUT2D eigenvalue weighted by Crippen LogP contribution is 2.26. The van der Waals surface area contributed by atoms with Gasteiger partial charge in [0.2, 0.25) is 5.91 Å². The van der Waals surface area contributed by atoms with Crippen molar-refractivity contribution in [2.45, 2.75) is 19.9 Å². The van der Waals surface area contributed by atoms with E-state index >= 15 is 0 Å². The lowest BCUT2D eigenvalue weighted by Gasteiger charge is -2.12. The minimum absolute atomic E-state index is 0.0590. The van der Waals surface area contributed by atoms with E-state index in [1.807, 2.05) is 13.8 Å². The molecule has 0 saturated carbocycles. The van der Waals surface area contributed by atoms with Crippen LogP contribution < -0.4 is 16.4 Å². The molecule has 0 unspecified atom stereocenters. The summed E-state index contributed by atoms with van der Waals surface area (Å²) in [5, 5.41) is 5.50. The van der Waals surface area contributed by atoms with Crippen LogP contribution in [0.25, 0.3) is 0 Å². The number of amides is 1. The zero-order valence-electron chi connectivity index (χ0n) is 9.68. The van der Waals surface area contributed by atoms with Crippen molar-refractivity contribution in [1.29, 1.82) is 0 Å². The Morgan fingerprint density at radius 3 is 2.76 bits per heavy atom. The summed E-state index contributed by atoms with van der Waals surface area (Å²) in [7, 11) is 0. The SMILES string of the molecule is CC(C)NC(=O)CNc1cc(F)c(Br)cc1N. The summed E-state index contributed by atoms with van der Waals surface area (Å²) < 4.78 is 13.5. The lowest BCUT2D eigenvalue weighted by molar-refractivity contribution is -0.119. The molecule has 0 spiro atoms. The van der Waals surface area contributed by atoms with Crippen LogP contribution in [0.4, 0.5) is 15.8 Å². The van der Waals surface area contributed by atoms with Crippen molar-refractivity contribution in [3.8, 4) is 0 Å². The molecule has 1 aromatic rings. The van der Waals surface area contributed by atoms with Crippen LogP contribution in [0.5, 0.6) is 0 Å². The van der Waals surface area contributed by atoms with Crippen LogP contribution >= 0.6 is 15.9 Å². The zero-order chi connectivity index (χ0) is 13.0. The van der Waals surface area contributed by atoms with Gasteiger partial charge in [0.15, 0.2) is 0 Å². The molecule has 0 bridgehead atoms. The van der Waals surface area contributed by atoms with E-state index in [1.54, 1.807) is 0 Å². The normalized spacial score (nSPS) is 10.4. The molecule has 0 fully saturated rings. The van der Waals surface area contributed by atoms with Gasteiger partial charge in [-0.3, -0.25) is 4.79 Å². The number of nitrogens with two attached hydrogens (primary N) is 1. The number of rotatable bonds is 4. The summed E-state index contributed by atoms with van der Waals surface area (Å²) in [6, 6.07) is 2.78. The summed E-state index contributed by atoms with van der Waals surface area (Å²) in [5.41, 5.74) is 6.48. The third kappa shape index (κ3) is 4.22. The van der Waals surface area contributed by atoms with Gasteiger partial charge in [-0.1, -0.05) is 0 Å². The number of anilines is 2. The Morgan fingerprint density at radius 1 is 1.53 bits per heavy atom. The van der Waals surface area contributed by atoms with Crippen molar-refractivity contribution in [1.82, 2.24) is 5.32 Å². The third-order valence-electron chi connectivity index (χ3n) is 1.98. The molecule has 0 heterocycles. The number of halogens is 2. The summed E-state index contributed by atoms with van der Waals surface area (Å²) in [6.45, 7) is 3.79. The third-order valence-corrected chi connectivity index (χ3v) is 2.59. The average Bonchev–Trinajstić information content (AvgIpc) is 2.20. The van der Waals surface area contributed by atoms with Gasteiger partial charge in [0.1, 0.15) is 5.82 Å². The van der Waals surface area contributed by atoms with Crippen molar-refractivity contribution in [3.63, 3.8) is 0 Å². The number of nitrogens with one attached hydrogen (secondary N) is 2. The lowest BCUT2D eigenvalue weighted by atomic mass is 10.2. The maximum atomic E-state index is 13.3. The van der Waals surface area contributed by atoms with Crippen LogP contribution in [-0.4, -0.2) is 18.5 Å². The molecule has 4 N–H and O–H groups in total. The first-order valence-corrected chi connectivity index (χ1v) is 5.97. The number of hydrogen-bond donors (Lipinski definition) is 3. The fourth-order valence-corrected chi connectivity index (χ4v) is 1.62. The van der Waals surface area contributed by atoms with E-state index in [1.165, 1.54) is 12.1 Å². The fourth-order valence-electron chi connectivity index (χ4n) is 1.26. The molecule has 17 heavy (non-hydrogen) atoms. The Bertz CT molecular complexity index is 423. The van der Waals surface area contributed by atoms with Crippen molar-refractivity contribution >= 4 is 33.2 Å². The van der Waals surface area contributed by atoms with Gasteiger partial charge in [-0.05, 0) is 35.8 Å². The van der Waals surface area contributed by atoms with Gasteiger partial charge < -0.3 is 16.4 Å². The first-order chi connectivity index (χ1) is 7.90. The Labute approximate surface area is 108 Å². The van der Waals surface area contributed by atoms with Crippen molar-refractivity contribution in [3.05, 3.63) is 22.4 Å². The minimum Gasteiger partial charge on any atom is -0.397 e. The second kappa shape index (κ2) is 5.86. The van der Waals surface area contributed by atoms with E-state index in [0.29, 0.717) is 15.8 Å². The largest absolute Gasteiger partial charge is 0.397 e. The second-order valence-corrected chi connectivity index (χ2v) is 4.78. The van der Waals surface area contributed by atoms with Crippen LogP contribution in [0.3, 0.4) is 0 Å². The Hall–Kier alpha value is -1.30. The summed E-state index contributed by atoms with van der Waals surface area (Å²) in [4.78, 5) is 11.4. The molecule has 94 valence electrons. The molecule has 0 aliphatic carbocycles. The zero-order valence-corrected chi connectivity index (χ0v) is 11.3. The highest BCUT2D eigenvalue weighted by Gasteiger charge is 2.08.